The molecule has 1 aromatic carbocycles. The number of aromatic nitrogens is 3. The third-order valence-corrected chi connectivity index (χ3v) is 4.46. The molecule has 1 heterocycles. The van der Waals surface area contributed by atoms with Gasteiger partial charge < -0.3 is 11.1 Å². The highest BCUT2D eigenvalue weighted by molar-refractivity contribution is 6.37. The Kier molecular flexibility index (Phi) is 6.09. The highest BCUT2D eigenvalue weighted by Crippen LogP contribution is 2.31. The zero-order chi connectivity index (χ0) is 16.6. The maximum atomic E-state index is 12.2. The van der Waals surface area contributed by atoms with Crippen molar-refractivity contribution in [2.45, 2.75) is 25.8 Å². The average molecular weight is 391 g/mol. The molecule has 1 amide bonds. The molecule has 1 aliphatic carbocycles. The van der Waals surface area contributed by atoms with Crippen LogP contribution in [0.4, 0.5) is 0 Å². The van der Waals surface area contributed by atoms with Gasteiger partial charge in [-0.3, -0.25) is 4.79 Å². The number of hydrogen-bond donors (Lipinski definition) is 2. The predicted octanol–water partition coefficient (Wildman–Crippen LogP) is 2.77. The van der Waals surface area contributed by atoms with Crippen molar-refractivity contribution in [2.75, 3.05) is 6.54 Å². The van der Waals surface area contributed by atoms with Gasteiger partial charge in [0.1, 0.15) is 11.5 Å². The Morgan fingerprint density at radius 1 is 1.42 bits per heavy atom. The van der Waals surface area contributed by atoms with Crippen LogP contribution in [0.5, 0.6) is 0 Å². The van der Waals surface area contributed by atoms with Crippen molar-refractivity contribution in [1.82, 2.24) is 20.1 Å². The quantitative estimate of drug-likeness (QED) is 0.822. The number of para-hydroxylation sites is 1. The molecule has 130 valence electrons. The van der Waals surface area contributed by atoms with E-state index in [4.69, 9.17) is 28.9 Å². The van der Waals surface area contributed by atoms with E-state index < -0.39 is 0 Å². The maximum absolute atomic E-state index is 12.2. The van der Waals surface area contributed by atoms with Crippen LogP contribution < -0.4 is 11.1 Å². The highest BCUT2D eigenvalue weighted by Gasteiger charge is 2.29. The molecule has 24 heavy (non-hydrogen) atoms. The number of nitrogens with two attached hydrogens (primary N) is 1. The number of carbonyl (C=O) groups excluding carboxylic acids is 1. The first-order valence-corrected chi connectivity index (χ1v) is 8.15. The first-order chi connectivity index (χ1) is 11.0. The molecule has 1 aliphatic rings. The minimum absolute atomic E-state index is 0. The standard InChI is InChI=1S/C15H17Cl2N5O.ClH/c1-8-20-14(15(23)19-7-12(18)9-5-6-9)21-22(8)13-10(16)3-2-4-11(13)17;/h2-4,9,12H,5-7,18H2,1H3,(H,19,23);1H. The van der Waals surface area contributed by atoms with Crippen molar-refractivity contribution in [3.63, 3.8) is 0 Å². The second kappa shape index (κ2) is 7.70. The Balaban J connectivity index is 0.00000208. The van der Waals surface area contributed by atoms with Crippen LogP contribution >= 0.6 is 35.6 Å². The van der Waals surface area contributed by atoms with E-state index in [2.05, 4.69) is 15.4 Å². The van der Waals surface area contributed by atoms with Gasteiger partial charge in [-0.2, -0.15) is 0 Å². The fourth-order valence-corrected chi connectivity index (χ4v) is 2.93. The van der Waals surface area contributed by atoms with Crippen molar-refractivity contribution in [3.8, 4) is 5.69 Å². The average Bonchev–Trinajstić information content (AvgIpc) is 3.29. The molecule has 0 bridgehead atoms. The Labute approximate surface area is 156 Å². The van der Waals surface area contributed by atoms with Crippen LogP contribution in [-0.4, -0.2) is 33.3 Å². The fourth-order valence-electron chi connectivity index (χ4n) is 2.37. The summed E-state index contributed by atoms with van der Waals surface area (Å²) in [5.74, 6) is 0.758. The van der Waals surface area contributed by atoms with Crippen LogP contribution in [0.15, 0.2) is 18.2 Å². The van der Waals surface area contributed by atoms with E-state index in [0.717, 1.165) is 12.8 Å². The zero-order valence-electron chi connectivity index (χ0n) is 13.0. The molecule has 1 saturated carbocycles. The molecule has 0 saturated heterocycles. The molecule has 3 rings (SSSR count). The summed E-state index contributed by atoms with van der Waals surface area (Å²) in [6, 6.07) is 5.14. The van der Waals surface area contributed by atoms with Crippen LogP contribution in [0.25, 0.3) is 5.69 Å². The van der Waals surface area contributed by atoms with Crippen LogP contribution in [0, 0.1) is 12.8 Å². The van der Waals surface area contributed by atoms with Gasteiger partial charge in [-0.1, -0.05) is 29.3 Å². The molecule has 6 nitrogen and oxygen atoms in total. The Morgan fingerprint density at radius 2 is 2.04 bits per heavy atom. The summed E-state index contributed by atoms with van der Waals surface area (Å²) in [4.78, 5) is 16.4. The molecule has 9 heteroatoms. The SMILES string of the molecule is Cc1nc(C(=O)NCC(N)C2CC2)nn1-c1c(Cl)cccc1Cl.Cl. The highest BCUT2D eigenvalue weighted by atomic mass is 35.5. The lowest BCUT2D eigenvalue weighted by atomic mass is 10.2. The summed E-state index contributed by atoms with van der Waals surface area (Å²) in [5, 5.41) is 7.87. The Hall–Kier alpha value is -1.34. The monoisotopic (exact) mass is 389 g/mol. The second-order valence-electron chi connectivity index (χ2n) is 5.68. The summed E-state index contributed by atoms with van der Waals surface area (Å²) in [6.07, 6.45) is 2.27. The normalized spacial score (nSPS) is 14.8. The minimum atomic E-state index is -0.355. The number of nitrogens with zero attached hydrogens (tertiary/aromatic N) is 3. The minimum Gasteiger partial charge on any atom is -0.348 e. The number of amides is 1. The van der Waals surface area contributed by atoms with E-state index in [-0.39, 0.29) is 30.2 Å². The van der Waals surface area contributed by atoms with Crippen molar-refractivity contribution in [1.29, 1.82) is 0 Å². The number of carbonyl (C=O) groups is 1. The maximum Gasteiger partial charge on any atom is 0.291 e. The summed E-state index contributed by atoms with van der Waals surface area (Å²) >= 11 is 12.4. The van der Waals surface area contributed by atoms with E-state index in [1.807, 2.05) is 0 Å². The smallest absolute Gasteiger partial charge is 0.291 e. The van der Waals surface area contributed by atoms with Crippen LogP contribution in [0.1, 0.15) is 29.3 Å². The van der Waals surface area contributed by atoms with Gasteiger partial charge in [-0.15, -0.1) is 17.5 Å². The van der Waals surface area contributed by atoms with Gasteiger partial charge >= 0.3 is 0 Å². The van der Waals surface area contributed by atoms with Crippen molar-refractivity contribution in [2.24, 2.45) is 11.7 Å². The van der Waals surface area contributed by atoms with E-state index in [1.165, 1.54) is 4.68 Å². The molecule has 1 unspecified atom stereocenters. The third kappa shape index (κ3) is 4.00. The van der Waals surface area contributed by atoms with E-state index in [9.17, 15) is 4.79 Å². The topological polar surface area (TPSA) is 85.8 Å². The predicted molar refractivity (Wildman–Crippen MR) is 96.4 cm³/mol. The van der Waals surface area contributed by atoms with E-state index in [1.54, 1.807) is 25.1 Å². The lowest BCUT2D eigenvalue weighted by Crippen LogP contribution is -2.38. The largest absolute Gasteiger partial charge is 0.348 e. The van der Waals surface area contributed by atoms with E-state index in [0.29, 0.717) is 34.0 Å². The van der Waals surface area contributed by atoms with Gasteiger partial charge in [0.15, 0.2) is 0 Å². The van der Waals surface area contributed by atoms with Crippen LogP contribution in [0.2, 0.25) is 10.0 Å². The Bertz CT molecular complexity index is 724. The zero-order valence-corrected chi connectivity index (χ0v) is 15.3. The summed E-state index contributed by atoms with van der Waals surface area (Å²) in [6.45, 7) is 2.16. The fraction of sp³-hybridized carbons (Fsp3) is 0.400. The molecule has 1 atom stereocenters. The molecular formula is C15H18Cl3N5O. The number of aryl methyl sites for hydroxylation is 1. The second-order valence-corrected chi connectivity index (χ2v) is 6.49. The van der Waals surface area contributed by atoms with Gasteiger partial charge in [0.25, 0.3) is 5.91 Å². The Morgan fingerprint density at radius 3 is 2.62 bits per heavy atom. The summed E-state index contributed by atoms with van der Waals surface area (Å²) in [5.41, 5.74) is 6.48. The van der Waals surface area contributed by atoms with Crippen LogP contribution in [-0.2, 0) is 0 Å². The molecule has 3 N–H and O–H groups in total. The summed E-state index contributed by atoms with van der Waals surface area (Å²) < 4.78 is 1.47. The molecule has 1 aromatic heterocycles. The van der Waals surface area contributed by atoms with Gasteiger partial charge in [0.05, 0.1) is 10.0 Å². The lowest BCUT2D eigenvalue weighted by Gasteiger charge is -2.10. The van der Waals surface area contributed by atoms with Crippen LogP contribution in [0.3, 0.4) is 0 Å². The van der Waals surface area contributed by atoms with Gasteiger partial charge in [0, 0.05) is 12.6 Å². The molecule has 2 aromatic rings. The third-order valence-electron chi connectivity index (χ3n) is 3.85. The van der Waals surface area contributed by atoms with Gasteiger partial charge in [-0.25, -0.2) is 9.67 Å². The number of rotatable bonds is 5. The molecular weight excluding hydrogens is 373 g/mol. The van der Waals surface area contributed by atoms with Gasteiger partial charge in [-0.05, 0) is 37.8 Å². The first-order valence-electron chi connectivity index (χ1n) is 7.39. The van der Waals surface area contributed by atoms with E-state index >= 15 is 0 Å². The number of halogens is 3. The molecule has 1 fully saturated rings. The summed E-state index contributed by atoms with van der Waals surface area (Å²) in [7, 11) is 0. The van der Waals surface area contributed by atoms with Gasteiger partial charge in [0.2, 0.25) is 5.82 Å². The van der Waals surface area contributed by atoms with Crippen molar-refractivity contribution >= 4 is 41.5 Å². The molecule has 0 spiro atoms. The number of nitrogens with one attached hydrogen (secondary N) is 1. The first kappa shape index (κ1) is 19.0. The van der Waals surface area contributed by atoms with Crippen molar-refractivity contribution in [3.05, 3.63) is 39.9 Å². The van der Waals surface area contributed by atoms with Crippen molar-refractivity contribution < 1.29 is 4.79 Å². The molecule has 0 radical (unpaired) electrons. The number of benzene rings is 1. The molecule has 0 aliphatic heterocycles. The lowest BCUT2D eigenvalue weighted by molar-refractivity contribution is 0.0940. The number of hydrogen-bond acceptors (Lipinski definition) is 4.